The van der Waals surface area contributed by atoms with E-state index in [2.05, 4.69) is 61.8 Å². The largest absolute Gasteiger partial charge is 0.372 e. The highest BCUT2D eigenvalue weighted by atomic mass is 35.5. The number of benzene rings is 1. The zero-order chi connectivity index (χ0) is 12.0. The van der Waals surface area contributed by atoms with Crippen LogP contribution >= 0.6 is 24.8 Å². The standard InChI is InChI=1S/C14H24N2.2ClH/c1-5-15(6-2)13-9-11-14(12-10-13)16(7-3)8-4;;/h9-12H,5-8H2,1-4H3;2*1H. The second kappa shape index (κ2) is 10.3. The van der Waals surface area contributed by atoms with Crippen molar-refractivity contribution in [2.45, 2.75) is 27.7 Å². The van der Waals surface area contributed by atoms with E-state index in [1.807, 2.05) is 0 Å². The molecule has 4 heteroatoms. The Balaban J connectivity index is 0. The van der Waals surface area contributed by atoms with Crippen LogP contribution in [0, 0.1) is 0 Å². The third-order valence-electron chi connectivity index (χ3n) is 3.11. The lowest BCUT2D eigenvalue weighted by atomic mass is 10.2. The third-order valence-corrected chi connectivity index (χ3v) is 3.11. The van der Waals surface area contributed by atoms with Crippen LogP contribution < -0.4 is 9.80 Å². The van der Waals surface area contributed by atoms with Crippen molar-refractivity contribution in [3.8, 4) is 0 Å². The van der Waals surface area contributed by atoms with Gasteiger partial charge in [-0.15, -0.1) is 24.8 Å². The molecule has 0 amide bonds. The van der Waals surface area contributed by atoms with E-state index >= 15 is 0 Å². The zero-order valence-corrected chi connectivity index (χ0v) is 13.5. The van der Waals surface area contributed by atoms with Crippen LogP contribution in [0.5, 0.6) is 0 Å². The summed E-state index contributed by atoms with van der Waals surface area (Å²) in [5.74, 6) is 0. The lowest BCUT2D eigenvalue weighted by Crippen LogP contribution is -2.23. The Labute approximate surface area is 124 Å². The molecule has 0 unspecified atom stereocenters. The number of hydrogen-bond acceptors (Lipinski definition) is 2. The van der Waals surface area contributed by atoms with Crippen molar-refractivity contribution < 1.29 is 0 Å². The number of rotatable bonds is 6. The van der Waals surface area contributed by atoms with Crippen LogP contribution in [0.2, 0.25) is 0 Å². The van der Waals surface area contributed by atoms with Gasteiger partial charge in [0.2, 0.25) is 0 Å². The Morgan fingerprint density at radius 3 is 1.00 bits per heavy atom. The summed E-state index contributed by atoms with van der Waals surface area (Å²) in [6.45, 7) is 13.1. The van der Waals surface area contributed by atoms with Crippen LogP contribution in [0.3, 0.4) is 0 Å². The Hall–Kier alpha value is -0.600. The van der Waals surface area contributed by atoms with Crippen LogP contribution in [-0.2, 0) is 0 Å². The van der Waals surface area contributed by atoms with Gasteiger partial charge >= 0.3 is 0 Å². The Morgan fingerprint density at radius 1 is 0.611 bits per heavy atom. The van der Waals surface area contributed by atoms with Crippen LogP contribution in [0.1, 0.15) is 27.7 Å². The van der Waals surface area contributed by atoms with Crippen molar-refractivity contribution in [2.75, 3.05) is 36.0 Å². The van der Waals surface area contributed by atoms with Gasteiger partial charge in [-0.1, -0.05) is 0 Å². The molecule has 0 aliphatic heterocycles. The quantitative estimate of drug-likeness (QED) is 0.774. The van der Waals surface area contributed by atoms with Crippen LogP contribution in [0.4, 0.5) is 11.4 Å². The summed E-state index contributed by atoms with van der Waals surface area (Å²) in [5, 5.41) is 0. The molecule has 0 radical (unpaired) electrons. The van der Waals surface area contributed by atoms with Crippen molar-refractivity contribution in [3.63, 3.8) is 0 Å². The minimum absolute atomic E-state index is 0. The molecule has 2 nitrogen and oxygen atoms in total. The van der Waals surface area contributed by atoms with E-state index in [4.69, 9.17) is 0 Å². The predicted molar refractivity (Wildman–Crippen MR) is 88.1 cm³/mol. The number of anilines is 2. The summed E-state index contributed by atoms with van der Waals surface area (Å²) in [5.41, 5.74) is 2.64. The van der Waals surface area contributed by atoms with E-state index in [1.165, 1.54) is 11.4 Å². The van der Waals surface area contributed by atoms with Crippen molar-refractivity contribution in [3.05, 3.63) is 24.3 Å². The Kier molecular flexibility index (Phi) is 11.3. The second-order valence-electron chi connectivity index (χ2n) is 3.86. The molecule has 0 spiro atoms. The zero-order valence-electron chi connectivity index (χ0n) is 11.8. The molecule has 0 fully saturated rings. The molecule has 1 aromatic rings. The molecule has 0 aromatic heterocycles. The summed E-state index contributed by atoms with van der Waals surface area (Å²) in [6, 6.07) is 8.89. The van der Waals surface area contributed by atoms with Gasteiger partial charge in [0.15, 0.2) is 0 Å². The van der Waals surface area contributed by atoms with E-state index in [0.717, 1.165) is 26.2 Å². The Morgan fingerprint density at radius 2 is 0.833 bits per heavy atom. The van der Waals surface area contributed by atoms with E-state index in [0.29, 0.717) is 0 Å². The van der Waals surface area contributed by atoms with Gasteiger partial charge in [0.05, 0.1) is 0 Å². The second-order valence-corrected chi connectivity index (χ2v) is 3.86. The average molecular weight is 293 g/mol. The SMILES string of the molecule is CCN(CC)c1ccc(N(CC)CC)cc1.Cl.Cl. The maximum Gasteiger partial charge on any atom is 0.0367 e. The molecule has 0 heterocycles. The fraction of sp³-hybridized carbons (Fsp3) is 0.571. The first-order valence-corrected chi connectivity index (χ1v) is 6.36. The van der Waals surface area contributed by atoms with Gasteiger partial charge in [-0.25, -0.2) is 0 Å². The molecule has 0 aliphatic rings. The lowest BCUT2D eigenvalue weighted by molar-refractivity contribution is 0.856. The maximum atomic E-state index is 2.37. The predicted octanol–water partition coefficient (Wildman–Crippen LogP) is 4.22. The van der Waals surface area contributed by atoms with Crippen molar-refractivity contribution in [2.24, 2.45) is 0 Å². The summed E-state index contributed by atoms with van der Waals surface area (Å²) < 4.78 is 0. The smallest absolute Gasteiger partial charge is 0.0367 e. The van der Waals surface area contributed by atoms with Crippen LogP contribution in [-0.4, -0.2) is 26.2 Å². The fourth-order valence-electron chi connectivity index (χ4n) is 2.05. The monoisotopic (exact) mass is 292 g/mol. The molecule has 1 rings (SSSR count). The highest BCUT2D eigenvalue weighted by molar-refractivity contribution is 5.85. The average Bonchev–Trinajstić information content (AvgIpc) is 2.34. The molecular formula is C14H26Cl2N2. The first-order valence-electron chi connectivity index (χ1n) is 6.36. The summed E-state index contributed by atoms with van der Waals surface area (Å²) in [4.78, 5) is 4.73. The van der Waals surface area contributed by atoms with E-state index < -0.39 is 0 Å². The summed E-state index contributed by atoms with van der Waals surface area (Å²) in [6.07, 6.45) is 0. The van der Waals surface area contributed by atoms with E-state index in [9.17, 15) is 0 Å². The molecule has 0 saturated heterocycles. The normalized spacial score (nSPS) is 9.11. The van der Waals surface area contributed by atoms with Gasteiger partial charge in [-0.2, -0.15) is 0 Å². The minimum Gasteiger partial charge on any atom is -0.372 e. The molecule has 0 saturated carbocycles. The highest BCUT2D eigenvalue weighted by Gasteiger charge is 2.04. The number of halogens is 2. The molecule has 1 aromatic carbocycles. The van der Waals surface area contributed by atoms with Gasteiger partial charge in [0.1, 0.15) is 0 Å². The lowest BCUT2D eigenvalue weighted by Gasteiger charge is -2.24. The van der Waals surface area contributed by atoms with Crippen molar-refractivity contribution >= 4 is 36.2 Å². The molecule has 0 N–H and O–H groups in total. The maximum absolute atomic E-state index is 2.37. The molecule has 0 atom stereocenters. The molecule has 0 bridgehead atoms. The number of hydrogen-bond donors (Lipinski definition) is 0. The van der Waals surface area contributed by atoms with E-state index in [-0.39, 0.29) is 24.8 Å². The minimum atomic E-state index is 0. The summed E-state index contributed by atoms with van der Waals surface area (Å²) >= 11 is 0. The molecular weight excluding hydrogens is 267 g/mol. The van der Waals surface area contributed by atoms with Gasteiger partial charge in [-0.05, 0) is 52.0 Å². The van der Waals surface area contributed by atoms with Gasteiger partial charge in [0.25, 0.3) is 0 Å². The van der Waals surface area contributed by atoms with Crippen molar-refractivity contribution in [1.82, 2.24) is 0 Å². The molecule has 0 aliphatic carbocycles. The van der Waals surface area contributed by atoms with Gasteiger partial charge in [-0.3, -0.25) is 0 Å². The molecule has 18 heavy (non-hydrogen) atoms. The summed E-state index contributed by atoms with van der Waals surface area (Å²) in [7, 11) is 0. The van der Waals surface area contributed by atoms with Crippen molar-refractivity contribution in [1.29, 1.82) is 0 Å². The Bertz CT molecular complexity index is 262. The van der Waals surface area contributed by atoms with Crippen LogP contribution in [0.25, 0.3) is 0 Å². The van der Waals surface area contributed by atoms with E-state index in [1.54, 1.807) is 0 Å². The first kappa shape index (κ1) is 19.7. The van der Waals surface area contributed by atoms with Crippen LogP contribution in [0.15, 0.2) is 24.3 Å². The topological polar surface area (TPSA) is 6.48 Å². The first-order chi connectivity index (χ1) is 7.76. The number of nitrogens with zero attached hydrogens (tertiary/aromatic N) is 2. The van der Waals surface area contributed by atoms with Gasteiger partial charge in [0, 0.05) is 37.6 Å². The fourth-order valence-corrected chi connectivity index (χ4v) is 2.05. The van der Waals surface area contributed by atoms with Gasteiger partial charge < -0.3 is 9.80 Å². The third kappa shape index (κ3) is 4.95. The highest BCUT2D eigenvalue weighted by Crippen LogP contribution is 2.20. The molecule has 106 valence electrons.